The monoisotopic (exact) mass is 446 g/mol. The molecule has 3 rings (SSSR count). The molecule has 0 fully saturated rings. The van der Waals surface area contributed by atoms with Crippen molar-refractivity contribution in [2.45, 2.75) is 16.7 Å². The van der Waals surface area contributed by atoms with Crippen LogP contribution in [0, 0.1) is 12.7 Å². The first kappa shape index (κ1) is 21.7. The number of halogens is 1. The molecule has 0 saturated carbocycles. The SMILES string of the molecule is Cc1cccc(NS(=O)(=O)c2ccc(F)cc2)c1C(=O)N=S(C)(=O)c1ccccc1. The van der Waals surface area contributed by atoms with Crippen molar-refractivity contribution in [3.8, 4) is 0 Å². The molecule has 30 heavy (non-hydrogen) atoms. The van der Waals surface area contributed by atoms with E-state index in [4.69, 9.17) is 0 Å². The van der Waals surface area contributed by atoms with Crippen LogP contribution in [-0.2, 0) is 19.8 Å². The zero-order valence-electron chi connectivity index (χ0n) is 16.2. The van der Waals surface area contributed by atoms with Crippen molar-refractivity contribution in [2.75, 3.05) is 11.0 Å². The number of nitrogens with one attached hydrogen (secondary N) is 1. The number of nitrogens with zero attached hydrogens (tertiary/aromatic N) is 1. The minimum Gasteiger partial charge on any atom is -0.279 e. The molecule has 1 N–H and O–H groups in total. The second-order valence-electron chi connectivity index (χ2n) is 6.57. The molecule has 1 atom stereocenters. The molecule has 156 valence electrons. The summed E-state index contributed by atoms with van der Waals surface area (Å²) in [5.74, 6) is -1.38. The number of rotatable bonds is 5. The first-order chi connectivity index (χ1) is 14.1. The van der Waals surface area contributed by atoms with Crippen LogP contribution in [0.15, 0.2) is 87.0 Å². The van der Waals surface area contributed by atoms with Crippen molar-refractivity contribution >= 4 is 31.3 Å². The first-order valence-corrected chi connectivity index (χ1v) is 12.2. The highest BCUT2D eigenvalue weighted by Crippen LogP contribution is 2.25. The van der Waals surface area contributed by atoms with Crippen LogP contribution < -0.4 is 4.72 Å². The number of carbonyl (C=O) groups excluding carboxylic acids is 1. The van der Waals surface area contributed by atoms with E-state index in [-0.39, 0.29) is 16.1 Å². The van der Waals surface area contributed by atoms with Crippen LogP contribution in [0.1, 0.15) is 15.9 Å². The lowest BCUT2D eigenvalue weighted by Crippen LogP contribution is -2.16. The van der Waals surface area contributed by atoms with Gasteiger partial charge in [0.2, 0.25) is 0 Å². The molecule has 0 heterocycles. The topological polar surface area (TPSA) is 92.7 Å². The van der Waals surface area contributed by atoms with Crippen molar-refractivity contribution < 1.29 is 21.8 Å². The maximum Gasteiger partial charge on any atom is 0.287 e. The first-order valence-electron chi connectivity index (χ1n) is 8.80. The number of hydrogen-bond acceptors (Lipinski definition) is 4. The Balaban J connectivity index is 2.03. The average Bonchev–Trinajstić information content (AvgIpc) is 2.68. The van der Waals surface area contributed by atoms with Crippen LogP contribution in [0.3, 0.4) is 0 Å². The smallest absolute Gasteiger partial charge is 0.279 e. The Hall–Kier alpha value is -3.04. The molecule has 0 spiro atoms. The molecule has 0 radical (unpaired) electrons. The van der Waals surface area contributed by atoms with Crippen molar-refractivity contribution in [3.05, 3.63) is 89.7 Å². The van der Waals surface area contributed by atoms with E-state index in [0.29, 0.717) is 10.5 Å². The Morgan fingerprint density at radius 2 is 1.50 bits per heavy atom. The van der Waals surface area contributed by atoms with Crippen molar-refractivity contribution in [3.63, 3.8) is 0 Å². The van der Waals surface area contributed by atoms with Crippen LogP contribution >= 0.6 is 0 Å². The largest absolute Gasteiger partial charge is 0.287 e. The fourth-order valence-electron chi connectivity index (χ4n) is 2.78. The standard InChI is InChI=1S/C21H19FN2O4S2/c1-15-7-6-10-19(23-30(27,28)18-13-11-16(22)12-14-18)20(15)21(25)24-29(2,26)17-8-4-3-5-9-17/h3-14,23H,1-2H3. The van der Waals surface area contributed by atoms with E-state index in [2.05, 4.69) is 9.08 Å². The van der Waals surface area contributed by atoms with Gasteiger partial charge in [-0.15, -0.1) is 0 Å². The van der Waals surface area contributed by atoms with Gasteiger partial charge < -0.3 is 0 Å². The normalized spacial score (nSPS) is 13.3. The Labute approximate surface area is 175 Å². The summed E-state index contributed by atoms with van der Waals surface area (Å²) < 4.78 is 57.7. The zero-order valence-corrected chi connectivity index (χ0v) is 17.8. The lowest BCUT2D eigenvalue weighted by Gasteiger charge is -2.13. The van der Waals surface area contributed by atoms with Gasteiger partial charge in [0.1, 0.15) is 5.82 Å². The molecule has 0 aliphatic heterocycles. The molecule has 1 unspecified atom stereocenters. The summed E-state index contributed by atoms with van der Waals surface area (Å²) >= 11 is 0. The summed E-state index contributed by atoms with van der Waals surface area (Å²) in [6.07, 6.45) is 1.35. The number of benzene rings is 3. The lowest BCUT2D eigenvalue weighted by atomic mass is 10.1. The third-order valence-corrected chi connectivity index (χ3v) is 7.34. The van der Waals surface area contributed by atoms with E-state index in [0.717, 1.165) is 24.3 Å². The molecule has 0 saturated heterocycles. The maximum absolute atomic E-state index is 13.1. The minimum absolute atomic E-state index is 0.00339. The number of carbonyl (C=O) groups is 1. The van der Waals surface area contributed by atoms with Gasteiger partial charge in [0, 0.05) is 11.2 Å². The van der Waals surface area contributed by atoms with Crippen LogP contribution in [0.25, 0.3) is 0 Å². The third kappa shape index (κ3) is 4.74. The van der Waals surface area contributed by atoms with Gasteiger partial charge >= 0.3 is 0 Å². The molecule has 3 aromatic carbocycles. The van der Waals surface area contributed by atoms with Crippen molar-refractivity contribution in [1.29, 1.82) is 0 Å². The minimum atomic E-state index is -4.08. The van der Waals surface area contributed by atoms with Crippen molar-refractivity contribution in [1.82, 2.24) is 0 Å². The summed E-state index contributed by atoms with van der Waals surface area (Å²) in [4.78, 5) is 13.1. The van der Waals surface area contributed by atoms with E-state index >= 15 is 0 Å². The van der Waals surface area contributed by atoms with Crippen LogP contribution in [0.4, 0.5) is 10.1 Å². The zero-order chi connectivity index (χ0) is 21.9. The summed E-state index contributed by atoms with van der Waals surface area (Å²) in [6.45, 7) is 1.62. The van der Waals surface area contributed by atoms with Gasteiger partial charge in [-0.1, -0.05) is 30.3 Å². The molecule has 9 heteroatoms. The molecule has 3 aromatic rings. The van der Waals surface area contributed by atoms with Crippen molar-refractivity contribution in [2.24, 2.45) is 4.36 Å². The number of anilines is 1. The molecular weight excluding hydrogens is 427 g/mol. The maximum atomic E-state index is 13.1. The van der Waals surface area contributed by atoms with Gasteiger partial charge in [0.25, 0.3) is 15.9 Å². The predicted molar refractivity (Wildman–Crippen MR) is 114 cm³/mol. The molecule has 0 bridgehead atoms. The quantitative estimate of drug-likeness (QED) is 0.635. The Kier molecular flexibility index (Phi) is 6.04. The van der Waals surface area contributed by atoms with Gasteiger partial charge in [0.05, 0.1) is 25.9 Å². The van der Waals surface area contributed by atoms with Gasteiger partial charge in [-0.25, -0.2) is 17.0 Å². The fourth-order valence-corrected chi connectivity index (χ4v) is 5.03. The number of hydrogen-bond donors (Lipinski definition) is 1. The molecule has 1 amide bonds. The highest BCUT2D eigenvalue weighted by molar-refractivity contribution is 7.93. The van der Waals surface area contributed by atoms with Gasteiger partial charge in [-0.2, -0.15) is 4.36 Å². The Bertz CT molecular complexity index is 1310. The molecule has 0 aromatic heterocycles. The van der Waals surface area contributed by atoms with Crippen LogP contribution in [0.5, 0.6) is 0 Å². The Morgan fingerprint density at radius 1 is 0.867 bits per heavy atom. The summed E-state index contributed by atoms with van der Waals surface area (Å²) in [7, 11) is -7.12. The van der Waals surface area contributed by atoms with Crippen LogP contribution in [0.2, 0.25) is 0 Å². The summed E-state index contributed by atoms with van der Waals surface area (Å²) in [6, 6.07) is 17.2. The lowest BCUT2D eigenvalue weighted by molar-refractivity contribution is 0.100. The average molecular weight is 447 g/mol. The highest BCUT2D eigenvalue weighted by Gasteiger charge is 2.21. The number of amides is 1. The van der Waals surface area contributed by atoms with E-state index in [1.807, 2.05) is 0 Å². The summed E-state index contributed by atoms with van der Waals surface area (Å²) in [5, 5.41) is 0. The van der Waals surface area contributed by atoms with E-state index in [9.17, 15) is 21.8 Å². The second kappa shape index (κ2) is 8.37. The summed E-state index contributed by atoms with van der Waals surface area (Å²) in [5.41, 5.74) is 0.455. The molecule has 0 aliphatic carbocycles. The Morgan fingerprint density at radius 3 is 2.13 bits per heavy atom. The molecule has 6 nitrogen and oxygen atoms in total. The predicted octanol–water partition coefficient (Wildman–Crippen LogP) is 4.23. The van der Waals surface area contributed by atoms with E-state index < -0.39 is 31.5 Å². The molecule has 0 aliphatic rings. The van der Waals surface area contributed by atoms with E-state index in [1.54, 1.807) is 49.4 Å². The van der Waals surface area contributed by atoms with E-state index in [1.165, 1.54) is 12.3 Å². The highest BCUT2D eigenvalue weighted by atomic mass is 32.2. The molecular formula is C21H19FN2O4S2. The number of aryl methyl sites for hydroxylation is 1. The third-order valence-electron chi connectivity index (χ3n) is 4.29. The van der Waals surface area contributed by atoms with Gasteiger partial charge in [-0.3, -0.25) is 9.52 Å². The number of sulfonamides is 1. The van der Waals surface area contributed by atoms with Crippen LogP contribution in [-0.4, -0.2) is 24.8 Å². The van der Waals surface area contributed by atoms with Gasteiger partial charge in [-0.05, 0) is 55.0 Å². The van der Waals surface area contributed by atoms with Gasteiger partial charge in [0.15, 0.2) is 0 Å². The second-order valence-corrected chi connectivity index (χ2v) is 10.5. The fraction of sp³-hybridized carbons (Fsp3) is 0.0952.